The number of carbonyl (C=O) groups excluding carboxylic acids is 2. The van der Waals surface area contributed by atoms with Crippen molar-refractivity contribution in [3.63, 3.8) is 0 Å². The molecule has 0 saturated carbocycles. The van der Waals surface area contributed by atoms with Crippen LogP contribution in [0.1, 0.15) is 31.5 Å². The van der Waals surface area contributed by atoms with Crippen LogP contribution in [0.15, 0.2) is 95.3 Å². The molecule has 34 heavy (non-hydrogen) atoms. The van der Waals surface area contributed by atoms with Gasteiger partial charge in [-0.05, 0) is 35.9 Å². The zero-order valence-electron chi connectivity index (χ0n) is 17.7. The number of carboxylic acids is 1. The summed E-state index contributed by atoms with van der Waals surface area (Å²) in [6.45, 7) is 0. The highest BCUT2D eigenvalue weighted by molar-refractivity contribution is 8.00. The van der Waals surface area contributed by atoms with Gasteiger partial charge < -0.3 is 15.7 Å². The van der Waals surface area contributed by atoms with Crippen LogP contribution in [0.5, 0.6) is 0 Å². The van der Waals surface area contributed by atoms with Crippen molar-refractivity contribution in [2.24, 2.45) is 0 Å². The van der Waals surface area contributed by atoms with Crippen molar-refractivity contribution < 1.29 is 19.5 Å². The number of nitrogens with one attached hydrogen (secondary N) is 2. The molecule has 4 aromatic rings. The van der Waals surface area contributed by atoms with Crippen molar-refractivity contribution in [3.8, 4) is 0 Å². The van der Waals surface area contributed by atoms with Crippen molar-refractivity contribution in [3.05, 3.63) is 107 Å². The first-order valence-electron chi connectivity index (χ1n) is 10.2. The molecule has 0 bridgehead atoms. The second-order valence-electron chi connectivity index (χ2n) is 7.07. The van der Waals surface area contributed by atoms with Crippen LogP contribution in [-0.4, -0.2) is 27.9 Å². The fourth-order valence-electron chi connectivity index (χ4n) is 3.21. The molecule has 0 saturated heterocycles. The zero-order valence-corrected chi connectivity index (χ0v) is 19.3. The first-order chi connectivity index (χ1) is 16.5. The molecule has 0 aliphatic heterocycles. The van der Waals surface area contributed by atoms with Crippen LogP contribution in [0.25, 0.3) is 0 Å². The summed E-state index contributed by atoms with van der Waals surface area (Å²) in [7, 11) is 0. The number of aromatic carboxylic acids is 1. The summed E-state index contributed by atoms with van der Waals surface area (Å²) in [5.41, 5.74) is 1.31. The van der Waals surface area contributed by atoms with Crippen molar-refractivity contribution in [2.45, 2.75) is 10.1 Å². The molecule has 1 atom stereocenters. The van der Waals surface area contributed by atoms with Gasteiger partial charge in [-0.1, -0.05) is 48.5 Å². The lowest BCUT2D eigenvalue weighted by atomic mass is 10.1. The molecule has 4 rings (SSSR count). The molecule has 3 aromatic carbocycles. The standard InChI is InChI=1S/C25H19N3O4S2/c29-22(19-11-4-5-12-20(19)24(31)32)27-17-9-6-10-18(15-17)34-21(16-7-2-1-3-8-16)23(30)28-25-26-13-14-33-25/h1-15,21H,(H,27,29)(H,31,32)(H,26,28,30). The molecular weight excluding hydrogens is 470 g/mol. The normalized spacial score (nSPS) is 11.4. The topological polar surface area (TPSA) is 108 Å². The Bertz CT molecular complexity index is 1310. The summed E-state index contributed by atoms with van der Waals surface area (Å²) in [6, 6.07) is 22.5. The molecule has 1 unspecified atom stereocenters. The van der Waals surface area contributed by atoms with Crippen LogP contribution in [0.4, 0.5) is 10.8 Å². The highest BCUT2D eigenvalue weighted by atomic mass is 32.2. The smallest absolute Gasteiger partial charge is 0.336 e. The van der Waals surface area contributed by atoms with E-state index in [0.717, 1.165) is 10.5 Å². The van der Waals surface area contributed by atoms with Crippen molar-refractivity contribution in [1.29, 1.82) is 0 Å². The Hall–Kier alpha value is -3.95. The maximum atomic E-state index is 13.1. The Labute approximate surface area is 203 Å². The number of aromatic nitrogens is 1. The van der Waals surface area contributed by atoms with E-state index in [0.29, 0.717) is 10.8 Å². The van der Waals surface area contributed by atoms with E-state index in [1.807, 2.05) is 36.4 Å². The molecule has 1 aromatic heterocycles. The predicted octanol–water partition coefficient (Wildman–Crippen LogP) is 5.57. The van der Waals surface area contributed by atoms with Crippen molar-refractivity contribution in [1.82, 2.24) is 4.98 Å². The van der Waals surface area contributed by atoms with Crippen molar-refractivity contribution in [2.75, 3.05) is 10.6 Å². The van der Waals surface area contributed by atoms with E-state index in [-0.39, 0.29) is 17.0 Å². The highest BCUT2D eigenvalue weighted by Gasteiger charge is 2.23. The molecule has 7 nitrogen and oxygen atoms in total. The van der Waals surface area contributed by atoms with E-state index in [4.69, 9.17) is 0 Å². The molecule has 0 aliphatic carbocycles. The second-order valence-corrected chi connectivity index (χ2v) is 9.14. The Kier molecular flexibility index (Phi) is 7.36. The number of hydrogen-bond acceptors (Lipinski definition) is 6. The fraction of sp³-hybridized carbons (Fsp3) is 0.0400. The fourth-order valence-corrected chi connectivity index (χ4v) is 4.82. The van der Waals surface area contributed by atoms with Crippen LogP contribution < -0.4 is 10.6 Å². The Balaban J connectivity index is 1.55. The SMILES string of the molecule is O=C(O)c1ccccc1C(=O)Nc1cccc(SC(C(=O)Nc2nccs2)c2ccccc2)c1. The van der Waals surface area contributed by atoms with E-state index < -0.39 is 17.1 Å². The quantitative estimate of drug-likeness (QED) is 0.279. The monoisotopic (exact) mass is 489 g/mol. The summed E-state index contributed by atoms with van der Waals surface area (Å²) in [5.74, 6) is -1.91. The maximum Gasteiger partial charge on any atom is 0.336 e. The molecule has 2 amide bonds. The lowest BCUT2D eigenvalue weighted by molar-refractivity contribution is -0.115. The second kappa shape index (κ2) is 10.8. The van der Waals surface area contributed by atoms with Crippen LogP contribution >= 0.6 is 23.1 Å². The lowest BCUT2D eigenvalue weighted by Gasteiger charge is -2.17. The highest BCUT2D eigenvalue weighted by Crippen LogP contribution is 2.37. The van der Waals surface area contributed by atoms with Gasteiger partial charge in [-0.2, -0.15) is 0 Å². The third-order valence-electron chi connectivity index (χ3n) is 4.75. The largest absolute Gasteiger partial charge is 0.478 e. The summed E-state index contributed by atoms with van der Waals surface area (Å²) in [6.07, 6.45) is 1.62. The Morgan fingerprint density at radius 3 is 2.32 bits per heavy atom. The number of thioether (sulfide) groups is 1. The summed E-state index contributed by atoms with van der Waals surface area (Å²) in [5, 5.41) is 16.7. The molecule has 0 spiro atoms. The molecule has 0 radical (unpaired) electrons. The lowest BCUT2D eigenvalue weighted by Crippen LogP contribution is -2.19. The molecule has 0 fully saturated rings. The van der Waals surface area contributed by atoms with Gasteiger partial charge in [0.1, 0.15) is 5.25 Å². The summed E-state index contributed by atoms with van der Waals surface area (Å²) < 4.78 is 0. The van der Waals surface area contributed by atoms with Gasteiger partial charge in [-0.3, -0.25) is 9.59 Å². The number of hydrogen-bond donors (Lipinski definition) is 3. The molecule has 170 valence electrons. The number of anilines is 2. The Morgan fingerprint density at radius 2 is 1.62 bits per heavy atom. The average molecular weight is 490 g/mol. The molecular formula is C25H19N3O4S2. The number of benzene rings is 3. The van der Waals surface area contributed by atoms with E-state index in [1.165, 1.54) is 35.2 Å². The van der Waals surface area contributed by atoms with E-state index in [9.17, 15) is 19.5 Å². The minimum Gasteiger partial charge on any atom is -0.478 e. The van der Waals surface area contributed by atoms with E-state index >= 15 is 0 Å². The van der Waals surface area contributed by atoms with Gasteiger partial charge in [0, 0.05) is 22.2 Å². The van der Waals surface area contributed by atoms with Gasteiger partial charge in [0.25, 0.3) is 5.91 Å². The zero-order chi connectivity index (χ0) is 23.9. The van der Waals surface area contributed by atoms with Gasteiger partial charge >= 0.3 is 5.97 Å². The molecule has 3 N–H and O–H groups in total. The first kappa shape index (κ1) is 23.2. The van der Waals surface area contributed by atoms with Crippen LogP contribution in [0, 0.1) is 0 Å². The van der Waals surface area contributed by atoms with E-state index in [2.05, 4.69) is 15.6 Å². The van der Waals surface area contributed by atoms with Crippen LogP contribution in [0.2, 0.25) is 0 Å². The van der Waals surface area contributed by atoms with Gasteiger partial charge in [0.05, 0.1) is 11.1 Å². The van der Waals surface area contributed by atoms with Crippen LogP contribution in [-0.2, 0) is 4.79 Å². The minimum absolute atomic E-state index is 0.0676. The number of carboxylic acid groups (broad SMARTS) is 1. The number of thiazole rings is 1. The van der Waals surface area contributed by atoms with Crippen LogP contribution in [0.3, 0.4) is 0 Å². The molecule has 0 aliphatic rings. The number of amides is 2. The third-order valence-corrected chi connectivity index (χ3v) is 6.69. The van der Waals surface area contributed by atoms with Gasteiger partial charge in [0.2, 0.25) is 5.91 Å². The van der Waals surface area contributed by atoms with E-state index in [1.54, 1.807) is 41.9 Å². The summed E-state index contributed by atoms with van der Waals surface area (Å²) >= 11 is 2.68. The molecule has 1 heterocycles. The van der Waals surface area contributed by atoms with Gasteiger partial charge in [-0.25, -0.2) is 9.78 Å². The predicted molar refractivity (Wildman–Crippen MR) is 134 cm³/mol. The summed E-state index contributed by atoms with van der Waals surface area (Å²) in [4.78, 5) is 42.1. The number of rotatable bonds is 8. The number of carbonyl (C=O) groups is 3. The minimum atomic E-state index is -1.17. The number of nitrogens with zero attached hydrogens (tertiary/aromatic N) is 1. The third kappa shape index (κ3) is 5.69. The van der Waals surface area contributed by atoms with Gasteiger partial charge in [-0.15, -0.1) is 23.1 Å². The molecule has 9 heteroatoms. The average Bonchev–Trinajstić information content (AvgIpc) is 3.36. The Morgan fingerprint density at radius 1 is 0.882 bits per heavy atom. The van der Waals surface area contributed by atoms with Gasteiger partial charge in [0.15, 0.2) is 5.13 Å². The van der Waals surface area contributed by atoms with Crippen molar-refractivity contribution >= 4 is 51.7 Å². The first-order valence-corrected chi connectivity index (χ1v) is 11.9. The maximum absolute atomic E-state index is 13.1.